The van der Waals surface area contributed by atoms with Crippen molar-refractivity contribution in [1.29, 1.82) is 0 Å². The largest absolute Gasteiger partial charge is 0.385 e. The van der Waals surface area contributed by atoms with Crippen molar-refractivity contribution in [2.75, 3.05) is 13.1 Å². The Kier molecular flexibility index (Phi) is 4.84. The van der Waals surface area contributed by atoms with Crippen LogP contribution >= 0.6 is 12.4 Å². The molecule has 3 unspecified atom stereocenters. The molecular weight excluding hydrogens is 222 g/mol. The van der Waals surface area contributed by atoms with Crippen LogP contribution in [0.2, 0.25) is 0 Å². The summed E-state index contributed by atoms with van der Waals surface area (Å²) in [6.45, 7) is 8.20. The van der Waals surface area contributed by atoms with E-state index >= 15 is 0 Å². The standard InChI is InChI=1S/C13H23NO.ClH/c1-3-13(15)9-10-14(4-2)12-8-6-5-7-11(12)13;/h3,11-12,15H,1,4-10H2,2H3;1H. The summed E-state index contributed by atoms with van der Waals surface area (Å²) >= 11 is 0. The second-order valence-corrected chi connectivity index (χ2v) is 5.03. The first-order valence-corrected chi connectivity index (χ1v) is 6.31. The third-order valence-electron chi connectivity index (χ3n) is 4.40. The maximum absolute atomic E-state index is 10.5. The smallest absolute Gasteiger partial charge is 0.0880 e. The minimum absolute atomic E-state index is 0. The van der Waals surface area contributed by atoms with E-state index in [0.717, 1.165) is 19.5 Å². The molecule has 0 bridgehead atoms. The van der Waals surface area contributed by atoms with Gasteiger partial charge < -0.3 is 10.0 Å². The van der Waals surface area contributed by atoms with Crippen molar-refractivity contribution >= 4 is 12.4 Å². The molecule has 0 aromatic carbocycles. The van der Waals surface area contributed by atoms with Gasteiger partial charge in [-0.1, -0.05) is 25.8 Å². The Morgan fingerprint density at radius 3 is 2.75 bits per heavy atom. The van der Waals surface area contributed by atoms with Gasteiger partial charge in [-0.05, 0) is 25.8 Å². The maximum atomic E-state index is 10.5. The number of piperidine rings is 1. The highest BCUT2D eigenvalue weighted by atomic mass is 35.5. The lowest BCUT2D eigenvalue weighted by Gasteiger charge is -2.51. The average Bonchev–Trinajstić information content (AvgIpc) is 2.30. The fourth-order valence-corrected chi connectivity index (χ4v) is 3.45. The second-order valence-electron chi connectivity index (χ2n) is 5.03. The number of aliphatic hydroxyl groups is 1. The van der Waals surface area contributed by atoms with Gasteiger partial charge in [0.1, 0.15) is 0 Å². The highest BCUT2D eigenvalue weighted by Crippen LogP contribution is 2.41. The summed E-state index contributed by atoms with van der Waals surface area (Å²) < 4.78 is 0. The first-order chi connectivity index (χ1) is 7.21. The first-order valence-electron chi connectivity index (χ1n) is 6.31. The van der Waals surface area contributed by atoms with Crippen LogP contribution < -0.4 is 0 Å². The number of halogens is 1. The number of nitrogens with zero attached hydrogens (tertiary/aromatic N) is 1. The van der Waals surface area contributed by atoms with Crippen molar-refractivity contribution in [2.24, 2.45) is 5.92 Å². The molecule has 0 aromatic heterocycles. The molecule has 0 spiro atoms. The number of fused-ring (bicyclic) bond motifs is 1. The highest BCUT2D eigenvalue weighted by molar-refractivity contribution is 5.85. The zero-order valence-electron chi connectivity index (χ0n) is 10.2. The number of rotatable bonds is 2. The molecule has 3 atom stereocenters. The molecule has 3 heteroatoms. The van der Waals surface area contributed by atoms with Crippen molar-refractivity contribution in [3.05, 3.63) is 12.7 Å². The zero-order chi connectivity index (χ0) is 10.9. The van der Waals surface area contributed by atoms with Crippen molar-refractivity contribution in [3.63, 3.8) is 0 Å². The van der Waals surface area contributed by atoms with E-state index in [1.807, 2.05) is 0 Å². The molecule has 94 valence electrons. The Morgan fingerprint density at radius 2 is 2.12 bits per heavy atom. The van der Waals surface area contributed by atoms with Gasteiger partial charge >= 0.3 is 0 Å². The van der Waals surface area contributed by atoms with E-state index in [0.29, 0.717) is 12.0 Å². The predicted molar refractivity (Wildman–Crippen MR) is 70.0 cm³/mol. The molecule has 0 aromatic rings. The summed E-state index contributed by atoms with van der Waals surface area (Å²) in [6, 6.07) is 0.598. The van der Waals surface area contributed by atoms with Gasteiger partial charge in [0.15, 0.2) is 0 Å². The highest BCUT2D eigenvalue weighted by Gasteiger charge is 2.45. The van der Waals surface area contributed by atoms with Gasteiger partial charge in [-0.2, -0.15) is 0 Å². The van der Waals surface area contributed by atoms with Gasteiger partial charge in [0.2, 0.25) is 0 Å². The summed E-state index contributed by atoms with van der Waals surface area (Å²) in [5.74, 6) is 0.428. The molecule has 1 aliphatic carbocycles. The van der Waals surface area contributed by atoms with Crippen LogP contribution in [-0.4, -0.2) is 34.7 Å². The SMILES string of the molecule is C=CC1(O)CCN(CC)C2CCCCC21.Cl. The topological polar surface area (TPSA) is 23.5 Å². The summed E-state index contributed by atoms with van der Waals surface area (Å²) in [7, 11) is 0. The molecule has 0 radical (unpaired) electrons. The van der Waals surface area contributed by atoms with Crippen LogP contribution in [0.25, 0.3) is 0 Å². The van der Waals surface area contributed by atoms with Crippen molar-refractivity contribution in [3.8, 4) is 0 Å². The van der Waals surface area contributed by atoms with Crippen LogP contribution in [0.3, 0.4) is 0 Å². The lowest BCUT2D eigenvalue weighted by molar-refractivity contribution is -0.0824. The molecule has 1 heterocycles. The molecule has 1 saturated heterocycles. The third-order valence-corrected chi connectivity index (χ3v) is 4.40. The van der Waals surface area contributed by atoms with Crippen LogP contribution in [0.4, 0.5) is 0 Å². The van der Waals surface area contributed by atoms with Crippen LogP contribution in [0, 0.1) is 5.92 Å². The number of hydrogen-bond donors (Lipinski definition) is 1. The van der Waals surface area contributed by atoms with Crippen molar-refractivity contribution in [1.82, 2.24) is 4.90 Å². The molecule has 2 fully saturated rings. The molecular formula is C13H24ClNO. The van der Waals surface area contributed by atoms with E-state index in [1.165, 1.54) is 25.7 Å². The first kappa shape index (κ1) is 14.0. The van der Waals surface area contributed by atoms with E-state index in [2.05, 4.69) is 18.4 Å². The minimum Gasteiger partial charge on any atom is -0.385 e. The van der Waals surface area contributed by atoms with Crippen molar-refractivity contribution in [2.45, 2.75) is 50.7 Å². The van der Waals surface area contributed by atoms with E-state index in [9.17, 15) is 5.11 Å². The average molecular weight is 246 g/mol. The van der Waals surface area contributed by atoms with E-state index < -0.39 is 5.60 Å². The summed E-state index contributed by atoms with van der Waals surface area (Å²) in [4.78, 5) is 2.54. The van der Waals surface area contributed by atoms with E-state index in [1.54, 1.807) is 6.08 Å². The Hall–Kier alpha value is -0.0500. The van der Waals surface area contributed by atoms with Crippen LogP contribution in [0.15, 0.2) is 12.7 Å². The van der Waals surface area contributed by atoms with Gasteiger partial charge in [0.25, 0.3) is 0 Å². The van der Waals surface area contributed by atoms with Crippen LogP contribution in [-0.2, 0) is 0 Å². The van der Waals surface area contributed by atoms with Crippen LogP contribution in [0.1, 0.15) is 39.0 Å². The second kappa shape index (κ2) is 5.52. The van der Waals surface area contributed by atoms with Crippen molar-refractivity contribution < 1.29 is 5.11 Å². The summed E-state index contributed by atoms with van der Waals surface area (Å²) in [6.07, 6.45) is 7.69. The zero-order valence-corrected chi connectivity index (χ0v) is 11.0. The van der Waals surface area contributed by atoms with Gasteiger partial charge in [-0.3, -0.25) is 0 Å². The molecule has 2 aliphatic rings. The van der Waals surface area contributed by atoms with Gasteiger partial charge in [-0.15, -0.1) is 19.0 Å². The van der Waals surface area contributed by atoms with Gasteiger partial charge in [-0.25, -0.2) is 0 Å². The van der Waals surface area contributed by atoms with Gasteiger partial charge in [0.05, 0.1) is 5.60 Å². The van der Waals surface area contributed by atoms with E-state index in [4.69, 9.17) is 0 Å². The fraction of sp³-hybridized carbons (Fsp3) is 0.846. The predicted octanol–water partition coefficient (Wildman–Crippen LogP) is 2.61. The Bertz CT molecular complexity index is 246. The monoisotopic (exact) mass is 245 g/mol. The lowest BCUT2D eigenvalue weighted by Crippen LogP contribution is -2.57. The molecule has 1 N–H and O–H groups in total. The lowest BCUT2D eigenvalue weighted by atomic mass is 9.69. The Balaban J connectivity index is 0.00000128. The minimum atomic E-state index is -0.587. The van der Waals surface area contributed by atoms with E-state index in [-0.39, 0.29) is 12.4 Å². The molecule has 2 rings (SSSR count). The number of likely N-dealkylation sites (tertiary alicyclic amines) is 1. The third kappa shape index (κ3) is 2.29. The number of hydrogen-bond acceptors (Lipinski definition) is 2. The summed E-state index contributed by atoms with van der Waals surface area (Å²) in [5.41, 5.74) is -0.587. The normalized spacial score (nSPS) is 39.6. The molecule has 2 nitrogen and oxygen atoms in total. The maximum Gasteiger partial charge on any atom is 0.0880 e. The Morgan fingerprint density at radius 1 is 1.44 bits per heavy atom. The molecule has 1 saturated carbocycles. The fourth-order valence-electron chi connectivity index (χ4n) is 3.45. The molecule has 1 aliphatic heterocycles. The quantitative estimate of drug-likeness (QED) is 0.756. The molecule has 0 amide bonds. The Labute approximate surface area is 105 Å². The van der Waals surface area contributed by atoms with Crippen LogP contribution in [0.5, 0.6) is 0 Å². The summed E-state index contributed by atoms with van der Waals surface area (Å²) in [5, 5.41) is 10.5. The molecule has 16 heavy (non-hydrogen) atoms. The van der Waals surface area contributed by atoms with Gasteiger partial charge in [0, 0.05) is 18.5 Å².